The van der Waals surface area contributed by atoms with Crippen molar-refractivity contribution >= 4 is 22.6 Å². The van der Waals surface area contributed by atoms with Crippen molar-refractivity contribution in [1.29, 1.82) is 0 Å². The topological polar surface area (TPSA) is 12.0 Å². The van der Waals surface area contributed by atoms with Crippen LogP contribution in [0.4, 0.5) is 0 Å². The smallest absolute Gasteiger partial charge is 0.0354 e. The summed E-state index contributed by atoms with van der Waals surface area (Å²) in [5.74, 6) is 1.46. The van der Waals surface area contributed by atoms with Crippen LogP contribution in [0.1, 0.15) is 36.4 Å². The maximum atomic E-state index is 3.68. The molecule has 1 saturated carbocycles. The fourth-order valence-corrected chi connectivity index (χ4v) is 3.43. The van der Waals surface area contributed by atoms with E-state index < -0.39 is 0 Å². The van der Waals surface area contributed by atoms with Crippen molar-refractivity contribution in [2.75, 3.05) is 6.54 Å². The van der Waals surface area contributed by atoms with Gasteiger partial charge in [0.1, 0.15) is 0 Å². The van der Waals surface area contributed by atoms with Gasteiger partial charge in [0.25, 0.3) is 0 Å². The van der Waals surface area contributed by atoms with Gasteiger partial charge in [-0.25, -0.2) is 0 Å². The van der Waals surface area contributed by atoms with E-state index in [0.29, 0.717) is 6.04 Å². The second kappa shape index (κ2) is 6.27. The van der Waals surface area contributed by atoms with Crippen LogP contribution in [0.25, 0.3) is 0 Å². The van der Waals surface area contributed by atoms with Crippen molar-refractivity contribution in [1.82, 2.24) is 5.32 Å². The molecular weight excluding hydrogens is 357 g/mol. The van der Waals surface area contributed by atoms with E-state index in [1.807, 2.05) is 0 Å². The van der Waals surface area contributed by atoms with Crippen molar-refractivity contribution in [2.45, 2.75) is 25.3 Å². The highest BCUT2D eigenvalue weighted by Crippen LogP contribution is 2.53. The van der Waals surface area contributed by atoms with Crippen molar-refractivity contribution in [3.8, 4) is 0 Å². The first kappa shape index (κ1) is 14.1. The molecular formula is C18H20IN. The zero-order valence-electron chi connectivity index (χ0n) is 11.7. The summed E-state index contributed by atoms with van der Waals surface area (Å²) >= 11 is 2.37. The molecule has 0 bridgehead atoms. The summed E-state index contributed by atoms with van der Waals surface area (Å²) in [4.78, 5) is 0. The van der Waals surface area contributed by atoms with Crippen molar-refractivity contribution < 1.29 is 0 Å². The molecule has 2 aromatic rings. The summed E-state index contributed by atoms with van der Waals surface area (Å²) in [5, 5.41) is 3.68. The van der Waals surface area contributed by atoms with Crippen LogP contribution in [0.2, 0.25) is 0 Å². The Morgan fingerprint density at radius 2 is 1.80 bits per heavy atom. The van der Waals surface area contributed by atoms with E-state index in [9.17, 15) is 0 Å². The van der Waals surface area contributed by atoms with Gasteiger partial charge in [-0.05, 0) is 70.7 Å². The quantitative estimate of drug-likeness (QED) is 0.742. The number of nitrogens with one attached hydrogen (secondary N) is 1. The third-order valence-corrected chi connectivity index (χ3v) is 4.87. The lowest BCUT2D eigenvalue weighted by Gasteiger charge is -2.19. The van der Waals surface area contributed by atoms with Gasteiger partial charge in [0.05, 0.1) is 0 Å². The molecule has 3 unspecified atom stereocenters. The third kappa shape index (κ3) is 3.07. The highest BCUT2D eigenvalue weighted by molar-refractivity contribution is 14.1. The molecule has 2 aromatic carbocycles. The molecule has 0 heterocycles. The van der Waals surface area contributed by atoms with Gasteiger partial charge in [-0.3, -0.25) is 0 Å². The summed E-state index contributed by atoms with van der Waals surface area (Å²) in [5.41, 5.74) is 2.92. The van der Waals surface area contributed by atoms with Gasteiger partial charge in [-0.15, -0.1) is 0 Å². The fourth-order valence-electron chi connectivity index (χ4n) is 3.07. The Bertz CT molecular complexity index is 549. The lowest BCUT2D eigenvalue weighted by Crippen LogP contribution is -2.23. The molecule has 3 rings (SSSR count). The van der Waals surface area contributed by atoms with Crippen LogP contribution >= 0.6 is 22.6 Å². The summed E-state index contributed by atoms with van der Waals surface area (Å²) in [6.07, 6.45) is 1.30. The third-order valence-electron chi connectivity index (χ3n) is 4.15. The van der Waals surface area contributed by atoms with Crippen LogP contribution in [0, 0.1) is 9.49 Å². The van der Waals surface area contributed by atoms with Crippen LogP contribution in [0.3, 0.4) is 0 Å². The zero-order valence-corrected chi connectivity index (χ0v) is 13.9. The Balaban J connectivity index is 1.78. The second-order valence-corrected chi connectivity index (χ2v) is 6.75. The molecule has 0 spiro atoms. The van der Waals surface area contributed by atoms with E-state index >= 15 is 0 Å². The van der Waals surface area contributed by atoms with Crippen LogP contribution in [0.15, 0.2) is 54.6 Å². The van der Waals surface area contributed by atoms with Crippen LogP contribution < -0.4 is 5.32 Å². The summed E-state index contributed by atoms with van der Waals surface area (Å²) in [6.45, 7) is 3.22. The maximum Gasteiger partial charge on any atom is 0.0354 e. The molecule has 1 aliphatic carbocycles. The normalized spacial score (nSPS) is 22.5. The van der Waals surface area contributed by atoms with Crippen LogP contribution in [-0.4, -0.2) is 6.54 Å². The Labute approximate surface area is 134 Å². The molecule has 0 amide bonds. The van der Waals surface area contributed by atoms with Gasteiger partial charge in [0.2, 0.25) is 0 Å². The fraction of sp³-hybridized carbons (Fsp3) is 0.333. The molecule has 0 radical (unpaired) electrons. The first-order chi connectivity index (χ1) is 9.79. The van der Waals surface area contributed by atoms with Gasteiger partial charge < -0.3 is 5.32 Å². The van der Waals surface area contributed by atoms with Crippen molar-refractivity contribution in [3.05, 3.63) is 69.3 Å². The second-order valence-electron chi connectivity index (χ2n) is 5.50. The molecule has 1 aliphatic rings. The Kier molecular flexibility index (Phi) is 4.41. The Morgan fingerprint density at radius 3 is 2.45 bits per heavy atom. The van der Waals surface area contributed by atoms with Gasteiger partial charge >= 0.3 is 0 Å². The summed E-state index contributed by atoms with van der Waals surface area (Å²) < 4.78 is 1.30. The zero-order chi connectivity index (χ0) is 13.9. The number of rotatable bonds is 5. The SMILES string of the molecule is CCNC(c1ccc(I)cc1)C1CC1c1ccccc1. The average molecular weight is 377 g/mol. The Morgan fingerprint density at radius 1 is 1.10 bits per heavy atom. The van der Waals surface area contributed by atoms with Crippen LogP contribution in [-0.2, 0) is 0 Å². The van der Waals surface area contributed by atoms with Crippen molar-refractivity contribution in [2.24, 2.45) is 5.92 Å². The first-order valence-corrected chi connectivity index (χ1v) is 8.41. The predicted octanol–water partition coefficient (Wildman–Crippen LogP) is 4.75. The largest absolute Gasteiger partial charge is 0.310 e. The highest BCUT2D eigenvalue weighted by Gasteiger charge is 2.43. The number of hydrogen-bond donors (Lipinski definition) is 1. The van der Waals surface area contributed by atoms with E-state index in [-0.39, 0.29) is 0 Å². The van der Waals surface area contributed by atoms with E-state index in [2.05, 4.69) is 89.4 Å². The first-order valence-electron chi connectivity index (χ1n) is 7.33. The molecule has 20 heavy (non-hydrogen) atoms. The Hall–Kier alpha value is -0.870. The standard InChI is InChI=1S/C18H20IN/c1-2-20-18(14-8-10-15(19)11-9-14)17-12-16(17)13-6-4-3-5-7-13/h3-11,16-18,20H,2,12H2,1H3. The molecule has 1 N–H and O–H groups in total. The molecule has 3 atom stereocenters. The number of hydrogen-bond acceptors (Lipinski definition) is 1. The summed E-state index contributed by atoms with van der Waals surface area (Å²) in [6, 6.07) is 20.4. The van der Waals surface area contributed by atoms with Gasteiger partial charge in [0, 0.05) is 9.61 Å². The molecule has 1 fully saturated rings. The number of halogens is 1. The van der Waals surface area contributed by atoms with E-state index in [1.165, 1.54) is 21.1 Å². The van der Waals surface area contributed by atoms with E-state index in [1.54, 1.807) is 0 Å². The van der Waals surface area contributed by atoms with Gasteiger partial charge in [-0.1, -0.05) is 49.4 Å². The molecule has 0 aliphatic heterocycles. The minimum Gasteiger partial charge on any atom is -0.310 e. The minimum atomic E-state index is 0.488. The molecule has 0 saturated heterocycles. The average Bonchev–Trinajstić information content (AvgIpc) is 3.27. The maximum absolute atomic E-state index is 3.68. The predicted molar refractivity (Wildman–Crippen MR) is 92.9 cm³/mol. The highest BCUT2D eigenvalue weighted by atomic mass is 127. The number of benzene rings is 2. The molecule has 1 nitrogen and oxygen atoms in total. The summed E-state index contributed by atoms with van der Waals surface area (Å²) in [7, 11) is 0. The van der Waals surface area contributed by atoms with E-state index in [4.69, 9.17) is 0 Å². The molecule has 0 aromatic heterocycles. The minimum absolute atomic E-state index is 0.488. The van der Waals surface area contributed by atoms with Gasteiger partial charge in [0.15, 0.2) is 0 Å². The molecule has 104 valence electrons. The van der Waals surface area contributed by atoms with Crippen molar-refractivity contribution in [3.63, 3.8) is 0 Å². The van der Waals surface area contributed by atoms with Crippen LogP contribution in [0.5, 0.6) is 0 Å². The lowest BCUT2D eigenvalue weighted by molar-refractivity contribution is 0.487. The lowest BCUT2D eigenvalue weighted by atomic mass is 9.99. The molecule has 2 heteroatoms. The van der Waals surface area contributed by atoms with Gasteiger partial charge in [-0.2, -0.15) is 0 Å². The monoisotopic (exact) mass is 377 g/mol. The van der Waals surface area contributed by atoms with E-state index in [0.717, 1.165) is 18.4 Å².